The van der Waals surface area contributed by atoms with Crippen LogP contribution in [-0.4, -0.2) is 9.78 Å². The van der Waals surface area contributed by atoms with Crippen molar-refractivity contribution in [2.75, 3.05) is 0 Å². The Hall–Kier alpha value is -3.86. The molecule has 0 amide bonds. The van der Waals surface area contributed by atoms with E-state index in [2.05, 4.69) is 36.3 Å². The lowest BCUT2D eigenvalue weighted by Crippen LogP contribution is -2.06. The van der Waals surface area contributed by atoms with Crippen LogP contribution in [0.4, 0.5) is 13.2 Å². The SMILES string of the molecule is Cc1cccc(Cc2cccc(-c3c4cccc(C(F)(F)F)c4nn3Cc3ccccc3)c2)c1. The number of fused-ring (bicyclic) bond motifs is 1. The fraction of sp³-hybridized carbons (Fsp3) is 0.138. The Bertz CT molecular complexity index is 1450. The quantitative estimate of drug-likeness (QED) is 0.265. The molecule has 5 heteroatoms. The zero-order chi connectivity index (χ0) is 23.7. The van der Waals surface area contributed by atoms with Crippen LogP contribution in [0.15, 0.2) is 97.1 Å². The number of aromatic nitrogens is 2. The molecule has 0 fully saturated rings. The molecule has 0 saturated heterocycles. The molecule has 0 N–H and O–H groups in total. The molecule has 1 aromatic heterocycles. The first-order valence-corrected chi connectivity index (χ1v) is 11.1. The fourth-order valence-electron chi connectivity index (χ4n) is 4.44. The largest absolute Gasteiger partial charge is 0.418 e. The van der Waals surface area contributed by atoms with Gasteiger partial charge in [0.1, 0.15) is 5.52 Å². The summed E-state index contributed by atoms with van der Waals surface area (Å²) in [6.07, 6.45) is -3.73. The van der Waals surface area contributed by atoms with Gasteiger partial charge in [0.15, 0.2) is 0 Å². The molecule has 0 saturated carbocycles. The normalized spacial score (nSPS) is 11.8. The van der Waals surface area contributed by atoms with Crippen LogP contribution in [0.2, 0.25) is 0 Å². The van der Waals surface area contributed by atoms with Gasteiger partial charge in [-0.3, -0.25) is 4.68 Å². The van der Waals surface area contributed by atoms with Crippen LogP contribution >= 0.6 is 0 Å². The van der Waals surface area contributed by atoms with Crippen molar-refractivity contribution in [3.05, 3.63) is 125 Å². The zero-order valence-electron chi connectivity index (χ0n) is 18.7. The molecule has 4 aromatic carbocycles. The van der Waals surface area contributed by atoms with Crippen LogP contribution in [0.1, 0.15) is 27.8 Å². The van der Waals surface area contributed by atoms with Crippen LogP contribution in [0.25, 0.3) is 22.2 Å². The Morgan fingerprint density at radius 1 is 0.735 bits per heavy atom. The lowest BCUT2D eigenvalue weighted by atomic mass is 9.99. The van der Waals surface area contributed by atoms with Gasteiger partial charge < -0.3 is 0 Å². The summed E-state index contributed by atoms with van der Waals surface area (Å²) < 4.78 is 43.0. The predicted molar refractivity (Wildman–Crippen MR) is 130 cm³/mol. The second kappa shape index (κ2) is 8.82. The number of aryl methyl sites for hydroxylation is 1. The number of nitrogens with zero attached hydrogens (tertiary/aromatic N) is 2. The smallest absolute Gasteiger partial charge is 0.259 e. The van der Waals surface area contributed by atoms with Crippen LogP contribution in [0, 0.1) is 6.92 Å². The molecule has 0 atom stereocenters. The van der Waals surface area contributed by atoms with E-state index in [1.807, 2.05) is 54.6 Å². The molecule has 0 aliphatic heterocycles. The second-order valence-corrected chi connectivity index (χ2v) is 8.56. The van der Waals surface area contributed by atoms with Crippen molar-refractivity contribution in [1.29, 1.82) is 0 Å². The average molecular weight is 457 g/mol. The van der Waals surface area contributed by atoms with Gasteiger partial charge in [0.25, 0.3) is 0 Å². The second-order valence-electron chi connectivity index (χ2n) is 8.56. The predicted octanol–water partition coefficient (Wildman–Crippen LogP) is 7.67. The van der Waals surface area contributed by atoms with Crippen LogP contribution in [0.3, 0.4) is 0 Å². The first kappa shape index (κ1) is 22.0. The topological polar surface area (TPSA) is 17.8 Å². The van der Waals surface area contributed by atoms with Crippen molar-refractivity contribution in [3.63, 3.8) is 0 Å². The maximum Gasteiger partial charge on any atom is 0.418 e. The maximum atomic E-state index is 13.8. The number of rotatable bonds is 5. The molecule has 0 radical (unpaired) electrons. The van der Waals surface area contributed by atoms with Gasteiger partial charge in [0, 0.05) is 10.9 Å². The van der Waals surface area contributed by atoms with E-state index in [-0.39, 0.29) is 5.52 Å². The Morgan fingerprint density at radius 3 is 2.15 bits per heavy atom. The van der Waals surface area contributed by atoms with E-state index >= 15 is 0 Å². The molecular weight excluding hydrogens is 433 g/mol. The Kier molecular flexibility index (Phi) is 5.70. The standard InChI is InChI=1S/C29H23F3N2/c1-20-8-5-11-22(16-20)17-23-12-6-13-24(18-23)28-25-14-7-15-26(29(30,31)32)27(25)33-34(28)19-21-9-3-2-4-10-21/h2-16,18H,17,19H2,1H3. The lowest BCUT2D eigenvalue weighted by Gasteiger charge is -2.11. The number of benzene rings is 4. The highest BCUT2D eigenvalue weighted by atomic mass is 19.4. The maximum absolute atomic E-state index is 13.8. The summed E-state index contributed by atoms with van der Waals surface area (Å²) in [5.74, 6) is 0. The highest BCUT2D eigenvalue weighted by Gasteiger charge is 2.34. The first-order chi connectivity index (χ1) is 16.4. The minimum atomic E-state index is -4.48. The molecule has 0 aliphatic carbocycles. The molecule has 1 heterocycles. The molecule has 170 valence electrons. The number of halogens is 3. The average Bonchev–Trinajstić information content (AvgIpc) is 3.17. The summed E-state index contributed by atoms with van der Waals surface area (Å²) in [6.45, 7) is 2.44. The summed E-state index contributed by atoms with van der Waals surface area (Å²) in [6, 6.07) is 30.3. The van der Waals surface area contributed by atoms with Gasteiger partial charge in [-0.1, -0.05) is 90.5 Å². The van der Waals surface area contributed by atoms with Crippen molar-refractivity contribution >= 4 is 10.9 Å². The van der Waals surface area contributed by atoms with E-state index in [0.29, 0.717) is 17.6 Å². The molecular formula is C29H23F3N2. The summed E-state index contributed by atoms with van der Waals surface area (Å²) >= 11 is 0. The van der Waals surface area contributed by atoms with Crippen LogP contribution < -0.4 is 0 Å². The highest BCUT2D eigenvalue weighted by Crippen LogP contribution is 2.38. The molecule has 0 aliphatic rings. The van der Waals surface area contributed by atoms with Gasteiger partial charge in [-0.2, -0.15) is 18.3 Å². The number of alkyl halides is 3. The molecule has 5 rings (SSSR count). The Morgan fingerprint density at radius 2 is 1.41 bits per heavy atom. The van der Waals surface area contributed by atoms with Gasteiger partial charge in [-0.25, -0.2) is 0 Å². The highest BCUT2D eigenvalue weighted by molar-refractivity contribution is 5.95. The summed E-state index contributed by atoms with van der Waals surface area (Å²) in [5.41, 5.74) is 5.26. The van der Waals surface area contributed by atoms with Crippen molar-refractivity contribution < 1.29 is 13.2 Å². The first-order valence-electron chi connectivity index (χ1n) is 11.1. The van der Waals surface area contributed by atoms with Crippen molar-refractivity contribution in [2.45, 2.75) is 26.1 Å². The third kappa shape index (κ3) is 4.46. The fourth-order valence-corrected chi connectivity index (χ4v) is 4.44. The van der Waals surface area contributed by atoms with E-state index < -0.39 is 11.7 Å². The molecule has 0 spiro atoms. The van der Waals surface area contributed by atoms with Crippen molar-refractivity contribution in [2.24, 2.45) is 0 Å². The molecule has 34 heavy (non-hydrogen) atoms. The summed E-state index contributed by atoms with van der Waals surface area (Å²) in [4.78, 5) is 0. The summed E-state index contributed by atoms with van der Waals surface area (Å²) in [5, 5.41) is 4.97. The van der Waals surface area contributed by atoms with E-state index in [9.17, 15) is 13.2 Å². The van der Waals surface area contributed by atoms with Gasteiger partial charge in [0.05, 0.1) is 17.8 Å². The summed E-state index contributed by atoms with van der Waals surface area (Å²) in [7, 11) is 0. The van der Waals surface area contributed by atoms with E-state index in [1.54, 1.807) is 10.7 Å². The third-order valence-electron chi connectivity index (χ3n) is 5.94. The van der Waals surface area contributed by atoms with Crippen molar-refractivity contribution in [1.82, 2.24) is 9.78 Å². The van der Waals surface area contributed by atoms with Gasteiger partial charge in [-0.05, 0) is 42.2 Å². The number of hydrogen-bond donors (Lipinski definition) is 0. The minimum absolute atomic E-state index is 0.0231. The van der Waals surface area contributed by atoms with E-state index in [0.717, 1.165) is 29.2 Å². The van der Waals surface area contributed by atoms with Crippen LogP contribution in [-0.2, 0) is 19.1 Å². The Labute approximate surface area is 196 Å². The van der Waals surface area contributed by atoms with Crippen LogP contribution in [0.5, 0.6) is 0 Å². The Balaban J connectivity index is 1.65. The third-order valence-corrected chi connectivity index (χ3v) is 5.94. The molecule has 0 unspecified atom stereocenters. The zero-order valence-corrected chi connectivity index (χ0v) is 18.7. The van der Waals surface area contributed by atoms with E-state index in [4.69, 9.17) is 0 Å². The lowest BCUT2D eigenvalue weighted by molar-refractivity contribution is -0.136. The van der Waals surface area contributed by atoms with E-state index in [1.165, 1.54) is 17.2 Å². The number of hydrogen-bond acceptors (Lipinski definition) is 1. The van der Waals surface area contributed by atoms with Gasteiger partial charge in [0.2, 0.25) is 0 Å². The van der Waals surface area contributed by atoms with Crippen molar-refractivity contribution in [3.8, 4) is 11.3 Å². The van der Waals surface area contributed by atoms with Gasteiger partial charge in [-0.15, -0.1) is 0 Å². The minimum Gasteiger partial charge on any atom is -0.259 e. The molecule has 5 aromatic rings. The molecule has 2 nitrogen and oxygen atoms in total. The molecule has 0 bridgehead atoms. The monoisotopic (exact) mass is 456 g/mol. The van der Waals surface area contributed by atoms with Gasteiger partial charge >= 0.3 is 6.18 Å².